The quantitative estimate of drug-likeness (QED) is 0.463. The average Bonchev–Trinajstić information content (AvgIpc) is 1.41. The molecule has 0 spiro atoms. The maximum atomic E-state index is 3.73. The maximum Gasteiger partial charge on any atom is 0.0273 e. The van der Waals surface area contributed by atoms with Crippen LogP contribution in [0.3, 0.4) is 0 Å². The van der Waals surface area contributed by atoms with Crippen LogP contribution in [0.15, 0.2) is 4.99 Å². The molecule has 0 rings (SSSR count). The van der Waals surface area contributed by atoms with Crippen molar-refractivity contribution in [3.63, 3.8) is 0 Å². The van der Waals surface area contributed by atoms with Gasteiger partial charge in [0.15, 0.2) is 0 Å². The molecular weight excluding hydrogens is 114 g/mol. The molecule has 0 saturated heterocycles. The Balaban J connectivity index is -0.0000000800. The molecule has 7 heavy (non-hydrogen) atoms. The van der Waals surface area contributed by atoms with Crippen LogP contribution in [-0.4, -0.2) is 18.7 Å². The summed E-state index contributed by atoms with van der Waals surface area (Å²) in [5, 5.41) is 0. The summed E-state index contributed by atoms with van der Waals surface area (Å²) in [6.07, 6.45) is 2.93. The Bertz CT molecular complexity index is 38.7. The van der Waals surface area contributed by atoms with Crippen LogP contribution in [0.4, 0.5) is 0 Å². The van der Waals surface area contributed by atoms with E-state index in [4.69, 9.17) is 0 Å². The minimum absolute atomic E-state index is 0. The third-order valence-corrected chi connectivity index (χ3v) is 0.365. The van der Waals surface area contributed by atoms with Crippen molar-refractivity contribution in [3.8, 4) is 0 Å². The van der Waals surface area contributed by atoms with Gasteiger partial charge in [0.2, 0.25) is 0 Å². The topological polar surface area (TPSA) is 43.9 Å². The van der Waals surface area contributed by atoms with Crippen LogP contribution in [0, 0.1) is 0 Å². The summed E-state index contributed by atoms with van der Waals surface area (Å²) in [6.45, 7) is 2.06. The second kappa shape index (κ2) is 16.8. The fourth-order valence-corrected chi connectivity index (χ4v) is 0.183. The molecule has 0 aliphatic carbocycles. The van der Waals surface area contributed by atoms with Gasteiger partial charge in [0.05, 0.1) is 0 Å². The second-order valence-corrected chi connectivity index (χ2v) is 0.849. The Morgan fingerprint density at radius 3 is 2.00 bits per heavy atom. The molecule has 0 aromatic carbocycles. The van der Waals surface area contributed by atoms with E-state index in [0.29, 0.717) is 0 Å². The molecule has 2 nitrogen and oxygen atoms in total. The highest BCUT2D eigenvalue weighted by Crippen LogP contribution is 1.60. The predicted octanol–water partition coefficient (Wildman–Crippen LogP) is 0.694. The number of halogens is 1. The zero-order valence-corrected chi connectivity index (χ0v) is 5.46. The van der Waals surface area contributed by atoms with Gasteiger partial charge in [0, 0.05) is 7.05 Å². The molecule has 0 radical (unpaired) electrons. The highest BCUT2D eigenvalue weighted by molar-refractivity contribution is 5.85. The third kappa shape index (κ3) is 24.7. The van der Waals surface area contributed by atoms with E-state index in [1.807, 2.05) is 6.21 Å². The summed E-state index contributed by atoms with van der Waals surface area (Å²) in [6, 6.07) is 0. The van der Waals surface area contributed by atoms with Crippen LogP contribution in [-0.2, 0) is 0 Å². The first-order valence-corrected chi connectivity index (χ1v) is 1.82. The van der Waals surface area contributed by atoms with E-state index in [0.717, 1.165) is 6.42 Å². The molecule has 3 heteroatoms. The normalized spacial score (nSPS) is 7.14. The lowest BCUT2D eigenvalue weighted by atomic mass is 10.5. The second-order valence-electron chi connectivity index (χ2n) is 0.849. The summed E-state index contributed by atoms with van der Waals surface area (Å²) < 4.78 is 0. The third-order valence-electron chi connectivity index (χ3n) is 0.365. The maximum absolute atomic E-state index is 3.73. The number of rotatable bonds is 1. The molecule has 46 valence electrons. The minimum Gasteiger partial charge on any atom is -0.412 e. The van der Waals surface area contributed by atoms with Crippen LogP contribution in [0.25, 0.3) is 0 Å². The van der Waals surface area contributed by atoms with Gasteiger partial charge in [0.1, 0.15) is 0 Å². The SMILES string of the molecule is CCC=NC.Cl.O. The summed E-state index contributed by atoms with van der Waals surface area (Å²) in [5.41, 5.74) is 0. The van der Waals surface area contributed by atoms with E-state index in [9.17, 15) is 0 Å². The van der Waals surface area contributed by atoms with Gasteiger partial charge in [-0.2, -0.15) is 0 Å². The van der Waals surface area contributed by atoms with Gasteiger partial charge < -0.3 is 10.5 Å². The van der Waals surface area contributed by atoms with E-state index in [2.05, 4.69) is 11.9 Å². The lowest BCUT2D eigenvalue weighted by molar-refractivity contribution is 0.824. The Kier molecular flexibility index (Phi) is 37.9. The van der Waals surface area contributed by atoms with Crippen LogP contribution in [0.5, 0.6) is 0 Å². The zero-order chi connectivity index (χ0) is 4.12. The van der Waals surface area contributed by atoms with Crippen LogP contribution in [0.2, 0.25) is 0 Å². The van der Waals surface area contributed by atoms with E-state index < -0.39 is 0 Å². The summed E-state index contributed by atoms with van der Waals surface area (Å²) >= 11 is 0. The van der Waals surface area contributed by atoms with E-state index in [1.165, 1.54) is 0 Å². The first kappa shape index (κ1) is 15.8. The lowest BCUT2D eigenvalue weighted by Gasteiger charge is -1.65. The molecule has 0 fully saturated rings. The molecule has 0 heterocycles. The monoisotopic (exact) mass is 125 g/mol. The van der Waals surface area contributed by atoms with Crippen molar-refractivity contribution < 1.29 is 5.48 Å². The Morgan fingerprint density at radius 1 is 1.57 bits per heavy atom. The molecule has 0 bridgehead atoms. The van der Waals surface area contributed by atoms with Crippen LogP contribution in [0.1, 0.15) is 13.3 Å². The van der Waals surface area contributed by atoms with Gasteiger partial charge in [-0.05, 0) is 12.6 Å². The summed E-state index contributed by atoms with van der Waals surface area (Å²) in [7, 11) is 1.78. The Hall–Kier alpha value is -0.0800. The molecule has 0 aliphatic rings. The van der Waals surface area contributed by atoms with Gasteiger partial charge in [-0.3, -0.25) is 0 Å². The van der Waals surface area contributed by atoms with Gasteiger partial charge >= 0.3 is 0 Å². The fourth-order valence-electron chi connectivity index (χ4n) is 0.183. The van der Waals surface area contributed by atoms with E-state index >= 15 is 0 Å². The average molecular weight is 126 g/mol. The highest BCUT2D eigenvalue weighted by atomic mass is 35.5. The summed E-state index contributed by atoms with van der Waals surface area (Å²) in [4.78, 5) is 3.73. The van der Waals surface area contributed by atoms with Crippen LogP contribution < -0.4 is 0 Å². The van der Waals surface area contributed by atoms with Crippen molar-refractivity contribution in [3.05, 3.63) is 0 Å². The Labute approximate surface area is 50.4 Å². The predicted molar refractivity (Wildman–Crippen MR) is 35.6 cm³/mol. The van der Waals surface area contributed by atoms with Crippen molar-refractivity contribution in [2.45, 2.75) is 13.3 Å². The molecule has 0 aromatic heterocycles. The van der Waals surface area contributed by atoms with Gasteiger partial charge in [-0.1, -0.05) is 6.92 Å². The molecule has 0 saturated carbocycles. The number of hydrogen-bond donors (Lipinski definition) is 0. The van der Waals surface area contributed by atoms with Crippen molar-refractivity contribution >= 4 is 18.6 Å². The fraction of sp³-hybridized carbons (Fsp3) is 0.750. The number of aliphatic imine (C=N–C) groups is 1. The lowest BCUT2D eigenvalue weighted by Crippen LogP contribution is -1.60. The number of hydrogen-bond acceptors (Lipinski definition) is 1. The molecule has 0 amide bonds. The molecule has 0 atom stereocenters. The zero-order valence-electron chi connectivity index (χ0n) is 4.64. The van der Waals surface area contributed by atoms with E-state index in [1.54, 1.807) is 7.05 Å². The van der Waals surface area contributed by atoms with Crippen LogP contribution >= 0.6 is 12.4 Å². The first-order valence-electron chi connectivity index (χ1n) is 1.82. The van der Waals surface area contributed by atoms with Gasteiger partial charge in [-0.25, -0.2) is 0 Å². The van der Waals surface area contributed by atoms with Crippen molar-refractivity contribution in [1.29, 1.82) is 0 Å². The van der Waals surface area contributed by atoms with Crippen molar-refractivity contribution in [1.82, 2.24) is 0 Å². The van der Waals surface area contributed by atoms with Crippen molar-refractivity contribution in [2.24, 2.45) is 4.99 Å². The number of nitrogens with zero attached hydrogens (tertiary/aromatic N) is 1. The first-order chi connectivity index (χ1) is 2.41. The molecule has 0 unspecified atom stereocenters. The minimum atomic E-state index is 0. The molecular formula is C4H12ClNO. The van der Waals surface area contributed by atoms with E-state index in [-0.39, 0.29) is 17.9 Å². The van der Waals surface area contributed by atoms with Crippen molar-refractivity contribution in [2.75, 3.05) is 7.05 Å². The highest BCUT2D eigenvalue weighted by Gasteiger charge is 1.53. The van der Waals surface area contributed by atoms with Gasteiger partial charge in [-0.15, -0.1) is 12.4 Å². The molecule has 0 aromatic rings. The largest absolute Gasteiger partial charge is 0.412 e. The molecule has 0 aliphatic heterocycles. The summed E-state index contributed by atoms with van der Waals surface area (Å²) in [5.74, 6) is 0. The standard InChI is InChI=1S/C4H9N.ClH.H2O/c1-3-4-5-2;;/h4H,3H2,1-2H3;1H;1H2. The Morgan fingerprint density at radius 2 is 2.00 bits per heavy atom. The van der Waals surface area contributed by atoms with Gasteiger partial charge in [0.25, 0.3) is 0 Å². The molecule has 2 N–H and O–H groups in total. The smallest absolute Gasteiger partial charge is 0.0273 e.